The summed E-state index contributed by atoms with van der Waals surface area (Å²) in [5.74, 6) is -4.04. The van der Waals surface area contributed by atoms with Gasteiger partial charge in [-0.15, -0.1) is 0 Å². The highest BCUT2D eigenvalue weighted by molar-refractivity contribution is 6.34. The smallest absolute Gasteiger partial charge is 0.359 e. The number of imidazole rings is 1. The van der Waals surface area contributed by atoms with E-state index < -0.39 is 23.5 Å². The number of aliphatic carboxylic acids is 1. The summed E-state index contributed by atoms with van der Waals surface area (Å²) in [7, 11) is 4.34. The Kier molecular flexibility index (Phi) is 19.1. The lowest BCUT2D eigenvalue weighted by Crippen LogP contribution is -2.58. The van der Waals surface area contributed by atoms with Gasteiger partial charge in [0.1, 0.15) is 0 Å². The second-order valence-electron chi connectivity index (χ2n) is 15.6. The van der Waals surface area contributed by atoms with Gasteiger partial charge < -0.3 is 54.9 Å². The Morgan fingerprint density at radius 3 is 2.28 bits per heavy atom. The Labute approximate surface area is 379 Å². The Hall–Kier alpha value is -6.29. The van der Waals surface area contributed by atoms with E-state index in [-0.39, 0.29) is 80.9 Å². The average Bonchev–Trinajstić information content (AvgIpc) is 3.86. The first kappa shape index (κ1) is 51.3. The van der Waals surface area contributed by atoms with E-state index in [1.807, 2.05) is 0 Å². The number of amides is 3. The molecule has 3 aliphatic heterocycles. The maximum Gasteiger partial charge on any atom is 0.359 e. The second kappa shape index (κ2) is 24.1. The fourth-order valence-corrected chi connectivity index (χ4v) is 8.25. The third-order valence-corrected chi connectivity index (χ3v) is 11.5. The summed E-state index contributed by atoms with van der Waals surface area (Å²) in [5, 5.41) is 22.5. The summed E-state index contributed by atoms with van der Waals surface area (Å²) in [4.78, 5) is 81.1. The van der Waals surface area contributed by atoms with Crippen LogP contribution in [0.4, 0.5) is 14.5 Å². The van der Waals surface area contributed by atoms with Crippen molar-refractivity contribution in [1.29, 1.82) is 0 Å². The number of carbonyl (C=O) groups excluding carboxylic acids is 4. The molecule has 0 radical (unpaired) electrons. The van der Waals surface area contributed by atoms with Crippen molar-refractivity contribution in [3.63, 3.8) is 0 Å². The first-order valence-corrected chi connectivity index (χ1v) is 20.9. The molecular formula is C43H55ClF2N9O10+. The van der Waals surface area contributed by atoms with Crippen LogP contribution in [0.1, 0.15) is 39.9 Å². The Morgan fingerprint density at radius 2 is 1.71 bits per heavy atom. The van der Waals surface area contributed by atoms with Crippen LogP contribution < -0.4 is 16.4 Å². The zero-order valence-electron chi connectivity index (χ0n) is 36.6. The molecule has 2 atom stereocenters. The molecule has 3 aliphatic rings. The van der Waals surface area contributed by atoms with Gasteiger partial charge in [0.2, 0.25) is 5.91 Å². The minimum Gasteiger partial charge on any atom is -0.483 e. The van der Waals surface area contributed by atoms with Gasteiger partial charge in [-0.2, -0.15) is 0 Å². The zero-order valence-corrected chi connectivity index (χ0v) is 37.4. The Bertz CT molecular complexity index is 2260. The molecule has 4 heterocycles. The van der Waals surface area contributed by atoms with E-state index in [4.69, 9.17) is 36.8 Å². The van der Waals surface area contributed by atoms with E-state index in [9.17, 15) is 24.3 Å². The van der Waals surface area contributed by atoms with Crippen LogP contribution >= 0.6 is 11.6 Å². The first-order chi connectivity index (χ1) is 31.0. The molecule has 1 aromatic heterocycles. The number of allylic oxidation sites excluding steroid dienone is 2. The van der Waals surface area contributed by atoms with Crippen molar-refractivity contribution in [3.05, 3.63) is 75.8 Å². The number of benzene rings is 2. The number of halogens is 3. The van der Waals surface area contributed by atoms with Crippen molar-refractivity contribution < 1.29 is 61.7 Å². The summed E-state index contributed by atoms with van der Waals surface area (Å²) < 4.78 is 41.6. The van der Waals surface area contributed by atoms with Crippen LogP contribution in [-0.2, 0) is 35.7 Å². The van der Waals surface area contributed by atoms with Gasteiger partial charge in [0.25, 0.3) is 24.8 Å². The van der Waals surface area contributed by atoms with Crippen LogP contribution in [0.5, 0.6) is 0 Å². The minimum absolute atomic E-state index is 0.00135. The van der Waals surface area contributed by atoms with Crippen LogP contribution in [0.25, 0.3) is 16.8 Å². The number of carboxylic acids is 1. The van der Waals surface area contributed by atoms with Crippen molar-refractivity contribution in [2.75, 3.05) is 98.1 Å². The highest BCUT2D eigenvalue weighted by atomic mass is 35.5. The summed E-state index contributed by atoms with van der Waals surface area (Å²) in [6.45, 7) is 7.31. The largest absolute Gasteiger partial charge is 0.483 e. The molecule has 65 heavy (non-hydrogen) atoms. The molecule has 22 heteroatoms. The number of nitrogens with two attached hydrogens (primary N) is 1. The Morgan fingerprint density at radius 1 is 1.06 bits per heavy atom. The lowest BCUT2D eigenvalue weighted by Gasteiger charge is -2.40. The predicted octanol–water partition coefficient (Wildman–Crippen LogP) is 2.59. The van der Waals surface area contributed by atoms with Gasteiger partial charge in [0.05, 0.1) is 68.3 Å². The predicted molar refractivity (Wildman–Crippen MR) is 236 cm³/mol. The molecule has 6 N–H and O–H groups in total. The number of ether oxygens (including phenoxy) is 2. The van der Waals surface area contributed by atoms with E-state index in [1.54, 1.807) is 16.7 Å². The van der Waals surface area contributed by atoms with Gasteiger partial charge in [-0.3, -0.25) is 29.0 Å². The first-order valence-electron chi connectivity index (χ1n) is 20.5. The number of nitrogens with one attached hydrogen (secondary N) is 2. The molecule has 3 aromatic rings. The topological polar surface area (TPSA) is 248 Å². The number of quaternary nitrogens is 1. The van der Waals surface area contributed by atoms with Gasteiger partial charge >= 0.3 is 5.97 Å². The summed E-state index contributed by atoms with van der Waals surface area (Å²) >= 11 is 6.56. The van der Waals surface area contributed by atoms with Gasteiger partial charge in [0.15, 0.2) is 24.0 Å². The summed E-state index contributed by atoms with van der Waals surface area (Å²) in [6, 6.07) is 7.24. The van der Waals surface area contributed by atoms with Crippen molar-refractivity contribution >= 4 is 65.7 Å². The molecule has 2 unspecified atom stereocenters. The van der Waals surface area contributed by atoms with Crippen LogP contribution in [0.15, 0.2) is 47.2 Å². The van der Waals surface area contributed by atoms with Crippen molar-refractivity contribution in [2.24, 2.45) is 29.6 Å². The monoisotopic (exact) mass is 930 g/mol. The maximum absolute atomic E-state index is 15.5. The van der Waals surface area contributed by atoms with Crippen LogP contribution in [-0.4, -0.2) is 170 Å². The number of nitrogens with zero attached hydrogens (tertiary/aromatic N) is 6. The average molecular weight is 931 g/mol. The van der Waals surface area contributed by atoms with Crippen molar-refractivity contribution in [2.45, 2.75) is 13.3 Å². The molecule has 0 bridgehead atoms. The molecule has 3 amide bonds. The number of anilines is 1. The fraction of sp³-hybridized carbons (Fsp3) is 0.442. The summed E-state index contributed by atoms with van der Waals surface area (Å²) in [5.41, 5.74) is 6.89. The van der Waals surface area contributed by atoms with Gasteiger partial charge in [0, 0.05) is 100 Å². The van der Waals surface area contributed by atoms with E-state index >= 15 is 8.78 Å². The number of aliphatic imine (C=N–C) groups is 1. The quantitative estimate of drug-likeness (QED) is 0.0638. The van der Waals surface area contributed by atoms with Crippen LogP contribution in [0, 0.1) is 23.5 Å². The van der Waals surface area contributed by atoms with E-state index in [0.717, 1.165) is 19.6 Å². The van der Waals surface area contributed by atoms with E-state index in [0.29, 0.717) is 75.7 Å². The molecule has 3 saturated heterocycles. The highest BCUT2D eigenvalue weighted by Gasteiger charge is 2.46. The number of aromatic nitrogens is 2. The number of rotatable bonds is 15. The lowest BCUT2D eigenvalue weighted by molar-refractivity contribution is -0.914. The van der Waals surface area contributed by atoms with Crippen molar-refractivity contribution in [3.8, 4) is 11.3 Å². The van der Waals surface area contributed by atoms with E-state index in [2.05, 4.69) is 25.3 Å². The Balaban J connectivity index is 0.00000124. The number of piperazine rings is 1. The molecule has 0 spiro atoms. The summed E-state index contributed by atoms with van der Waals surface area (Å²) in [6.07, 6.45) is 3.28. The lowest BCUT2D eigenvalue weighted by atomic mass is 10.0. The third-order valence-electron chi connectivity index (χ3n) is 11.2. The van der Waals surface area contributed by atoms with Crippen LogP contribution in [0.2, 0.25) is 5.02 Å². The van der Waals surface area contributed by atoms with Gasteiger partial charge in [-0.1, -0.05) is 17.7 Å². The molecule has 2 aromatic carbocycles. The normalized spacial score (nSPS) is 18.6. The maximum atomic E-state index is 15.5. The molecule has 0 saturated carbocycles. The molecule has 6 rings (SSSR count). The number of methoxy groups -OCH3 is 2. The number of carbonyl (C=O) groups is 6. The zero-order chi connectivity index (χ0) is 47.8. The highest BCUT2D eigenvalue weighted by Crippen LogP contribution is 2.32. The fourth-order valence-electron chi connectivity index (χ4n) is 7.99. The van der Waals surface area contributed by atoms with Gasteiger partial charge in [-0.25, -0.2) is 18.6 Å². The third kappa shape index (κ3) is 13.1. The SMILES string of the molecule is COC=O.COCCN=C/C(=C(/C)N)c1ccc(-c2cnc(C(=O)Nc3ccc(C(=O)N4CCN(C(=O)C5CC[N+](CC(=O)O)(CC6CNC6)C5)CC4)c(Cl)c3)n2C)c(F)c1F.O=CO. The van der Waals surface area contributed by atoms with E-state index in [1.165, 1.54) is 68.6 Å². The van der Waals surface area contributed by atoms with Gasteiger partial charge in [-0.05, 0) is 31.2 Å². The van der Waals surface area contributed by atoms with Crippen molar-refractivity contribution in [1.82, 2.24) is 24.7 Å². The number of hydrogen-bond donors (Lipinski definition) is 5. The number of hydrogen-bond acceptors (Lipinski definition) is 12. The molecule has 19 nitrogen and oxygen atoms in total. The molecule has 352 valence electrons. The number of likely N-dealkylation sites (tertiary alicyclic amines) is 1. The molecule has 3 fully saturated rings. The second-order valence-corrected chi connectivity index (χ2v) is 16.0. The minimum atomic E-state index is -1.15. The number of carboxylic acid groups (broad SMARTS) is 2. The van der Waals surface area contributed by atoms with Crippen LogP contribution in [0.3, 0.4) is 0 Å². The standard InChI is InChI=1S/C40H48ClF2N9O6.C2H4O2.CH2O2/c1-24(44)31(19-45-9-15-58-3)28-6-7-30(36(43)35(28)42)33-20-47-37(49(33)2)38(55)48-27-4-5-29(32(41)16-27)40(57)51-12-10-50(11-13-51)39(56)26-8-14-52(22-26,23-34(53)54)21-25-17-46-18-25;1-4-2-3;2-1-3/h4-7,16,19-20,25-26,46H,8-15,17-18,21-23H2,1-3H3,(H3-,44,45,48,53,54,55,57);2H,1H3;1H,(H,2,3)/p+1. The molecule has 0 aliphatic carbocycles. The molecular weight excluding hydrogens is 876 g/mol.